The van der Waals surface area contributed by atoms with E-state index in [1.54, 1.807) is 0 Å². The molecule has 0 unspecified atom stereocenters. The molecule has 0 bridgehead atoms. The van der Waals surface area contributed by atoms with Crippen molar-refractivity contribution in [2.24, 2.45) is 5.92 Å². The molecule has 9 heteroatoms. The van der Waals surface area contributed by atoms with Gasteiger partial charge in [-0.2, -0.15) is 13.2 Å². The second kappa shape index (κ2) is 7.72. The highest BCUT2D eigenvalue weighted by Gasteiger charge is 2.36. The Hall–Kier alpha value is -2.35. The third kappa shape index (κ3) is 4.68. The lowest BCUT2D eigenvalue weighted by Crippen LogP contribution is -2.33. The number of carbonyl (C=O) groups is 1. The molecule has 1 aliphatic rings. The van der Waals surface area contributed by atoms with Crippen LogP contribution in [0.25, 0.3) is 0 Å². The molecular weight excluding hydrogens is 386 g/mol. The van der Waals surface area contributed by atoms with Crippen molar-refractivity contribution < 1.29 is 22.4 Å². The zero-order valence-corrected chi connectivity index (χ0v) is 14.8. The number of rotatable bonds is 5. The van der Waals surface area contributed by atoms with Crippen LogP contribution in [0, 0.1) is 11.7 Å². The van der Waals surface area contributed by atoms with Crippen molar-refractivity contribution in [2.75, 3.05) is 11.9 Å². The van der Waals surface area contributed by atoms with Gasteiger partial charge in [-0.3, -0.25) is 4.79 Å². The summed E-state index contributed by atoms with van der Waals surface area (Å²) in [7, 11) is 0. The molecule has 1 aromatic carbocycles. The quantitative estimate of drug-likeness (QED) is 0.680. The summed E-state index contributed by atoms with van der Waals surface area (Å²) in [5, 5.41) is 5.13. The fraction of sp³-hybridized carbons (Fsp3) is 0.333. The van der Waals surface area contributed by atoms with E-state index in [1.165, 1.54) is 6.07 Å². The van der Waals surface area contributed by atoms with Gasteiger partial charge >= 0.3 is 6.18 Å². The topological polar surface area (TPSA) is 54.0 Å². The number of aromatic nitrogens is 1. The predicted molar refractivity (Wildman–Crippen MR) is 93.6 cm³/mol. The standard InChI is InChI=1S/C18H16ClF4N3O/c19-14-6-11(20)4-5-15(14)26-16-7-13(18(21,22)23)12(9-24-16)17(27)25-8-10-2-1-3-10/h4-7,9-10H,1-3,8H2,(H,24,26)(H,25,27). The van der Waals surface area contributed by atoms with Crippen molar-refractivity contribution in [1.29, 1.82) is 0 Å². The van der Waals surface area contributed by atoms with Crippen LogP contribution >= 0.6 is 11.6 Å². The molecule has 1 aromatic heterocycles. The Morgan fingerprint density at radius 1 is 1.26 bits per heavy atom. The molecule has 0 spiro atoms. The summed E-state index contributed by atoms with van der Waals surface area (Å²) in [6.07, 6.45) is -0.867. The second-order valence-corrected chi connectivity index (χ2v) is 6.78. The Morgan fingerprint density at radius 3 is 2.59 bits per heavy atom. The van der Waals surface area contributed by atoms with Gasteiger partial charge in [0.15, 0.2) is 0 Å². The van der Waals surface area contributed by atoms with Crippen molar-refractivity contribution >= 4 is 29.0 Å². The highest BCUT2D eigenvalue weighted by Crippen LogP contribution is 2.34. The summed E-state index contributed by atoms with van der Waals surface area (Å²) in [6.45, 7) is 0.349. The van der Waals surface area contributed by atoms with E-state index in [-0.39, 0.29) is 16.5 Å². The molecule has 4 nitrogen and oxygen atoms in total. The molecule has 0 radical (unpaired) electrons. The smallest absolute Gasteiger partial charge is 0.352 e. The van der Waals surface area contributed by atoms with Gasteiger partial charge in [0.2, 0.25) is 0 Å². The largest absolute Gasteiger partial charge is 0.417 e. The van der Waals surface area contributed by atoms with Crippen LogP contribution in [0.2, 0.25) is 5.02 Å². The van der Waals surface area contributed by atoms with Gasteiger partial charge in [0.25, 0.3) is 5.91 Å². The molecule has 2 N–H and O–H groups in total. The predicted octanol–water partition coefficient (Wildman–Crippen LogP) is 5.17. The highest BCUT2D eigenvalue weighted by molar-refractivity contribution is 6.33. The van der Waals surface area contributed by atoms with Crippen LogP contribution in [0.3, 0.4) is 0 Å². The first-order valence-corrected chi connectivity index (χ1v) is 8.69. The molecule has 0 atom stereocenters. The number of hydrogen-bond donors (Lipinski definition) is 2. The van der Waals surface area contributed by atoms with Crippen LogP contribution in [-0.4, -0.2) is 17.4 Å². The van der Waals surface area contributed by atoms with Crippen molar-refractivity contribution in [3.63, 3.8) is 0 Å². The maximum atomic E-state index is 13.4. The molecular formula is C18H16ClF4N3O. The van der Waals surface area contributed by atoms with Gasteiger partial charge in [-0.05, 0) is 43.0 Å². The SMILES string of the molecule is O=C(NCC1CCC1)c1cnc(Nc2ccc(F)cc2Cl)cc1C(F)(F)F. The molecule has 144 valence electrons. The molecule has 1 heterocycles. The fourth-order valence-electron chi connectivity index (χ4n) is 2.70. The van der Waals surface area contributed by atoms with Gasteiger partial charge in [0.1, 0.15) is 11.6 Å². The first-order chi connectivity index (χ1) is 12.7. The van der Waals surface area contributed by atoms with E-state index in [0.717, 1.165) is 43.7 Å². The molecule has 3 rings (SSSR count). The summed E-state index contributed by atoms with van der Waals surface area (Å²) in [5.74, 6) is -1.23. The summed E-state index contributed by atoms with van der Waals surface area (Å²) >= 11 is 5.86. The van der Waals surface area contributed by atoms with E-state index in [4.69, 9.17) is 11.6 Å². The third-order valence-electron chi connectivity index (χ3n) is 4.42. The van der Waals surface area contributed by atoms with Crippen LogP contribution in [0.4, 0.5) is 29.1 Å². The lowest BCUT2D eigenvalue weighted by Gasteiger charge is -2.25. The minimum absolute atomic E-state index is 0.00678. The van der Waals surface area contributed by atoms with Gasteiger partial charge in [0, 0.05) is 12.7 Å². The minimum Gasteiger partial charge on any atom is -0.352 e. The summed E-state index contributed by atoms with van der Waals surface area (Å²) in [6, 6.07) is 4.15. The number of alkyl halides is 3. The van der Waals surface area contributed by atoms with Gasteiger partial charge < -0.3 is 10.6 Å². The number of carbonyl (C=O) groups excluding carboxylic acids is 1. The van der Waals surface area contributed by atoms with E-state index in [9.17, 15) is 22.4 Å². The zero-order valence-electron chi connectivity index (χ0n) is 14.0. The number of nitrogens with zero attached hydrogens (tertiary/aromatic N) is 1. The molecule has 1 amide bonds. The number of halogens is 5. The fourth-order valence-corrected chi connectivity index (χ4v) is 2.91. The van der Waals surface area contributed by atoms with Crippen LogP contribution in [0.5, 0.6) is 0 Å². The van der Waals surface area contributed by atoms with E-state index < -0.39 is 29.0 Å². The molecule has 27 heavy (non-hydrogen) atoms. The summed E-state index contributed by atoms with van der Waals surface area (Å²) in [4.78, 5) is 16.1. The molecule has 0 aliphatic heterocycles. The molecule has 1 fully saturated rings. The second-order valence-electron chi connectivity index (χ2n) is 6.37. The van der Waals surface area contributed by atoms with Gasteiger partial charge in [-0.15, -0.1) is 0 Å². The normalized spacial score (nSPS) is 14.6. The van der Waals surface area contributed by atoms with Crippen LogP contribution in [-0.2, 0) is 6.18 Å². The van der Waals surface area contributed by atoms with Crippen molar-refractivity contribution in [3.05, 3.63) is 52.4 Å². The number of nitrogens with one attached hydrogen (secondary N) is 2. The highest BCUT2D eigenvalue weighted by atomic mass is 35.5. The minimum atomic E-state index is -4.74. The zero-order chi connectivity index (χ0) is 19.6. The van der Waals surface area contributed by atoms with Crippen molar-refractivity contribution in [2.45, 2.75) is 25.4 Å². The maximum absolute atomic E-state index is 13.4. The monoisotopic (exact) mass is 401 g/mol. The summed E-state index contributed by atoms with van der Waals surface area (Å²) < 4.78 is 53.4. The Balaban J connectivity index is 1.83. The number of pyridine rings is 1. The van der Waals surface area contributed by atoms with E-state index >= 15 is 0 Å². The van der Waals surface area contributed by atoms with E-state index in [2.05, 4.69) is 15.6 Å². The number of benzene rings is 1. The molecule has 1 saturated carbocycles. The Bertz CT molecular complexity index is 853. The number of anilines is 2. The molecule has 1 aliphatic carbocycles. The Kier molecular flexibility index (Phi) is 5.55. The van der Waals surface area contributed by atoms with Crippen LogP contribution in [0.15, 0.2) is 30.5 Å². The lowest BCUT2D eigenvalue weighted by molar-refractivity contribution is -0.137. The van der Waals surface area contributed by atoms with Crippen LogP contribution < -0.4 is 10.6 Å². The Morgan fingerprint density at radius 2 is 2.00 bits per heavy atom. The third-order valence-corrected chi connectivity index (χ3v) is 4.74. The summed E-state index contributed by atoms with van der Waals surface area (Å²) in [5.41, 5.74) is -1.46. The lowest BCUT2D eigenvalue weighted by atomic mass is 9.85. The van der Waals surface area contributed by atoms with Gasteiger partial charge in [-0.1, -0.05) is 18.0 Å². The van der Waals surface area contributed by atoms with Crippen molar-refractivity contribution in [3.8, 4) is 0 Å². The average Bonchev–Trinajstić information content (AvgIpc) is 2.55. The number of amides is 1. The van der Waals surface area contributed by atoms with Crippen LogP contribution in [0.1, 0.15) is 35.2 Å². The molecule has 2 aromatic rings. The first-order valence-electron chi connectivity index (χ1n) is 8.31. The molecule has 0 saturated heterocycles. The Labute approximate surface area is 157 Å². The van der Waals surface area contributed by atoms with Gasteiger partial charge in [-0.25, -0.2) is 9.37 Å². The van der Waals surface area contributed by atoms with Gasteiger partial charge in [0.05, 0.1) is 21.8 Å². The average molecular weight is 402 g/mol. The first kappa shape index (κ1) is 19.4. The van der Waals surface area contributed by atoms with Crippen molar-refractivity contribution in [1.82, 2.24) is 10.3 Å². The maximum Gasteiger partial charge on any atom is 0.417 e. The van der Waals surface area contributed by atoms with E-state index in [1.807, 2.05) is 0 Å². The van der Waals surface area contributed by atoms with E-state index in [0.29, 0.717) is 12.5 Å². The number of hydrogen-bond acceptors (Lipinski definition) is 3.